The van der Waals surface area contributed by atoms with Gasteiger partial charge in [0.25, 0.3) is 0 Å². The van der Waals surface area contributed by atoms with Crippen LogP contribution >= 0.6 is 34.7 Å². The Morgan fingerprint density at radius 2 is 2.00 bits per heavy atom. The summed E-state index contributed by atoms with van der Waals surface area (Å²) in [5.74, 6) is 1.31. The number of thioether (sulfide) groups is 1. The number of piperazine rings is 1. The van der Waals surface area contributed by atoms with Gasteiger partial charge in [-0.3, -0.25) is 4.79 Å². The molecule has 1 aromatic carbocycles. The van der Waals surface area contributed by atoms with Crippen molar-refractivity contribution in [1.29, 1.82) is 0 Å². The minimum absolute atomic E-state index is 0.120. The van der Waals surface area contributed by atoms with Crippen LogP contribution in [0.2, 0.25) is 5.02 Å². The Bertz CT molecular complexity index is 942. The predicted octanol–water partition coefficient (Wildman–Crippen LogP) is 3.84. The molecule has 1 fully saturated rings. The Morgan fingerprint density at radius 1 is 1.17 bits per heavy atom. The van der Waals surface area contributed by atoms with Crippen LogP contribution < -0.4 is 10.2 Å². The van der Waals surface area contributed by atoms with E-state index in [0.717, 1.165) is 33.9 Å². The average molecular weight is 450 g/mol. The van der Waals surface area contributed by atoms with Crippen LogP contribution in [0.25, 0.3) is 0 Å². The number of para-hydroxylation sites is 1. The van der Waals surface area contributed by atoms with Crippen molar-refractivity contribution in [2.75, 3.05) is 42.1 Å². The number of nitrogens with zero attached hydrogens (tertiary/aromatic N) is 4. The molecule has 3 aromatic rings. The maximum atomic E-state index is 12.6. The van der Waals surface area contributed by atoms with Crippen molar-refractivity contribution in [1.82, 2.24) is 15.1 Å². The number of nitrogens with one attached hydrogen (secondary N) is 1. The van der Waals surface area contributed by atoms with Crippen molar-refractivity contribution in [3.8, 4) is 0 Å². The SMILES string of the molecule is O=C(CSc1nnc(NCc2ccco2)s1)N1CCN(c2ccccc2Cl)CC1. The van der Waals surface area contributed by atoms with E-state index >= 15 is 0 Å². The lowest BCUT2D eigenvalue weighted by Crippen LogP contribution is -2.49. The first-order valence-electron chi connectivity index (χ1n) is 9.19. The van der Waals surface area contributed by atoms with Crippen LogP contribution in [-0.2, 0) is 11.3 Å². The molecule has 7 nitrogen and oxygen atoms in total. The Hall–Kier alpha value is -2.23. The first kappa shape index (κ1) is 20.1. The fourth-order valence-electron chi connectivity index (χ4n) is 3.04. The molecule has 1 amide bonds. The summed E-state index contributed by atoms with van der Waals surface area (Å²) >= 11 is 9.14. The topological polar surface area (TPSA) is 74.5 Å². The van der Waals surface area contributed by atoms with Gasteiger partial charge in [-0.1, -0.05) is 46.8 Å². The highest BCUT2D eigenvalue weighted by Gasteiger charge is 2.22. The van der Waals surface area contributed by atoms with E-state index in [1.54, 1.807) is 6.26 Å². The Kier molecular flexibility index (Phi) is 6.58. The fourth-order valence-corrected chi connectivity index (χ4v) is 4.94. The summed E-state index contributed by atoms with van der Waals surface area (Å²) in [7, 11) is 0. The first-order chi connectivity index (χ1) is 14.2. The molecule has 1 aliphatic rings. The van der Waals surface area contributed by atoms with Crippen LogP contribution in [0, 0.1) is 0 Å². The summed E-state index contributed by atoms with van der Waals surface area (Å²) in [5.41, 5.74) is 1.03. The van der Waals surface area contributed by atoms with Crippen LogP contribution in [0.4, 0.5) is 10.8 Å². The van der Waals surface area contributed by atoms with Crippen LogP contribution in [0.1, 0.15) is 5.76 Å². The van der Waals surface area contributed by atoms with Crippen molar-refractivity contribution in [2.45, 2.75) is 10.9 Å². The molecule has 152 valence electrons. The number of benzene rings is 1. The highest BCUT2D eigenvalue weighted by Crippen LogP contribution is 2.28. The van der Waals surface area contributed by atoms with Gasteiger partial charge in [-0.15, -0.1) is 10.2 Å². The third-order valence-electron chi connectivity index (χ3n) is 4.55. The number of hydrogen-bond acceptors (Lipinski definition) is 8. The average Bonchev–Trinajstić information content (AvgIpc) is 3.43. The van der Waals surface area contributed by atoms with Crippen molar-refractivity contribution in [2.24, 2.45) is 0 Å². The molecule has 0 spiro atoms. The summed E-state index contributed by atoms with van der Waals surface area (Å²) in [5, 5.41) is 12.9. The van der Waals surface area contributed by atoms with E-state index in [0.29, 0.717) is 30.5 Å². The lowest BCUT2D eigenvalue weighted by Gasteiger charge is -2.36. The zero-order chi connectivity index (χ0) is 20.1. The Morgan fingerprint density at radius 3 is 2.76 bits per heavy atom. The number of rotatable bonds is 7. The van der Waals surface area contributed by atoms with Gasteiger partial charge in [-0.2, -0.15) is 0 Å². The molecular formula is C19H20ClN5O2S2. The summed E-state index contributed by atoms with van der Waals surface area (Å²) in [4.78, 5) is 16.7. The summed E-state index contributed by atoms with van der Waals surface area (Å²) in [6.45, 7) is 3.49. The zero-order valence-corrected chi connectivity index (χ0v) is 18.0. The molecule has 1 saturated heterocycles. The van der Waals surface area contributed by atoms with Crippen molar-refractivity contribution in [3.63, 3.8) is 0 Å². The standard InChI is InChI=1S/C19H20ClN5O2S2/c20-15-5-1-2-6-16(15)24-7-9-25(10-8-24)17(26)13-28-19-23-22-18(29-19)21-12-14-4-3-11-27-14/h1-6,11H,7-10,12-13H2,(H,21,22). The maximum Gasteiger partial charge on any atom is 0.233 e. The third kappa shape index (κ3) is 5.23. The second-order valence-electron chi connectivity index (χ2n) is 6.41. The normalized spacial score (nSPS) is 14.2. The largest absolute Gasteiger partial charge is 0.467 e. The molecule has 0 atom stereocenters. The van der Waals surface area contributed by atoms with Crippen LogP contribution in [-0.4, -0.2) is 52.9 Å². The molecule has 1 N–H and O–H groups in total. The van der Waals surface area contributed by atoms with E-state index in [1.165, 1.54) is 23.1 Å². The Balaban J connectivity index is 1.22. The van der Waals surface area contributed by atoms with Gasteiger partial charge in [-0.25, -0.2) is 0 Å². The van der Waals surface area contributed by atoms with E-state index in [4.69, 9.17) is 16.0 Å². The van der Waals surface area contributed by atoms with E-state index < -0.39 is 0 Å². The van der Waals surface area contributed by atoms with Gasteiger partial charge in [0.15, 0.2) is 4.34 Å². The van der Waals surface area contributed by atoms with Gasteiger partial charge in [-0.05, 0) is 24.3 Å². The molecule has 0 radical (unpaired) electrons. The Labute approximate surface area is 182 Å². The summed E-state index contributed by atoms with van der Waals surface area (Å²) < 4.78 is 6.05. The molecule has 1 aliphatic heterocycles. The van der Waals surface area contributed by atoms with E-state index in [9.17, 15) is 4.79 Å². The number of amides is 1. The number of halogens is 1. The van der Waals surface area contributed by atoms with Gasteiger partial charge in [0.2, 0.25) is 11.0 Å². The highest BCUT2D eigenvalue weighted by atomic mass is 35.5. The second kappa shape index (κ2) is 9.51. The van der Waals surface area contributed by atoms with E-state index in [1.807, 2.05) is 41.3 Å². The van der Waals surface area contributed by atoms with Gasteiger partial charge in [0.05, 0.1) is 29.3 Å². The summed E-state index contributed by atoms with van der Waals surface area (Å²) in [6.07, 6.45) is 1.64. The minimum Gasteiger partial charge on any atom is -0.467 e. The molecule has 4 rings (SSSR count). The zero-order valence-electron chi connectivity index (χ0n) is 15.6. The number of anilines is 2. The highest BCUT2D eigenvalue weighted by molar-refractivity contribution is 8.01. The quantitative estimate of drug-likeness (QED) is 0.549. The number of hydrogen-bond donors (Lipinski definition) is 1. The number of aromatic nitrogens is 2. The smallest absolute Gasteiger partial charge is 0.233 e. The van der Waals surface area contributed by atoms with Crippen molar-refractivity contribution in [3.05, 3.63) is 53.4 Å². The van der Waals surface area contributed by atoms with Gasteiger partial charge in [0, 0.05) is 26.2 Å². The second-order valence-corrected chi connectivity index (χ2v) is 9.02. The molecular weight excluding hydrogens is 430 g/mol. The van der Waals surface area contributed by atoms with Crippen LogP contribution in [0.15, 0.2) is 51.4 Å². The lowest BCUT2D eigenvalue weighted by atomic mass is 10.2. The number of carbonyl (C=O) groups is 1. The van der Waals surface area contributed by atoms with Crippen LogP contribution in [0.3, 0.4) is 0 Å². The van der Waals surface area contributed by atoms with Gasteiger partial charge in [0.1, 0.15) is 5.76 Å². The van der Waals surface area contributed by atoms with E-state index in [-0.39, 0.29) is 5.91 Å². The molecule has 0 aliphatic carbocycles. The van der Waals surface area contributed by atoms with Crippen LogP contribution in [0.5, 0.6) is 0 Å². The molecule has 3 heterocycles. The van der Waals surface area contributed by atoms with Gasteiger partial charge >= 0.3 is 0 Å². The first-order valence-corrected chi connectivity index (χ1v) is 11.4. The summed E-state index contributed by atoms with van der Waals surface area (Å²) in [6, 6.07) is 11.6. The van der Waals surface area contributed by atoms with Gasteiger partial charge < -0.3 is 19.5 Å². The molecule has 10 heteroatoms. The lowest BCUT2D eigenvalue weighted by molar-refractivity contribution is -0.128. The minimum atomic E-state index is 0.120. The molecule has 29 heavy (non-hydrogen) atoms. The van der Waals surface area contributed by atoms with E-state index in [2.05, 4.69) is 20.4 Å². The maximum absolute atomic E-state index is 12.6. The molecule has 0 bridgehead atoms. The number of furan rings is 1. The molecule has 2 aromatic heterocycles. The monoisotopic (exact) mass is 449 g/mol. The third-order valence-corrected chi connectivity index (χ3v) is 6.86. The predicted molar refractivity (Wildman–Crippen MR) is 117 cm³/mol. The fraction of sp³-hybridized carbons (Fsp3) is 0.316. The molecule has 0 unspecified atom stereocenters. The van der Waals surface area contributed by atoms with Crippen molar-refractivity contribution < 1.29 is 9.21 Å². The number of carbonyl (C=O) groups excluding carboxylic acids is 1. The molecule has 0 saturated carbocycles. The van der Waals surface area contributed by atoms with Crippen molar-refractivity contribution >= 4 is 51.4 Å².